The van der Waals surface area contributed by atoms with E-state index in [9.17, 15) is 4.79 Å². The number of nitrogens with one attached hydrogen (secondary N) is 1. The van der Waals surface area contributed by atoms with Crippen molar-refractivity contribution in [1.82, 2.24) is 4.57 Å². The Kier molecular flexibility index (Phi) is 4.51. The van der Waals surface area contributed by atoms with Crippen molar-refractivity contribution in [2.24, 2.45) is 0 Å². The van der Waals surface area contributed by atoms with E-state index in [-0.39, 0.29) is 5.91 Å². The first-order valence-electron chi connectivity index (χ1n) is 9.12. The lowest BCUT2D eigenvalue weighted by Gasteiger charge is -2.06. The van der Waals surface area contributed by atoms with Crippen LogP contribution in [0.3, 0.4) is 0 Å². The number of carbonyl (C=O) groups is 1. The molecule has 3 aromatic carbocycles. The van der Waals surface area contributed by atoms with Gasteiger partial charge in [-0.15, -0.1) is 0 Å². The van der Waals surface area contributed by atoms with Gasteiger partial charge in [0.25, 0.3) is 5.91 Å². The van der Waals surface area contributed by atoms with Crippen LogP contribution in [0.1, 0.15) is 27.0 Å². The first-order valence-corrected chi connectivity index (χ1v) is 9.12. The van der Waals surface area contributed by atoms with Gasteiger partial charge in [0.05, 0.1) is 11.2 Å². The maximum atomic E-state index is 12.8. The summed E-state index contributed by atoms with van der Waals surface area (Å²) in [6, 6.07) is 24.4. The van der Waals surface area contributed by atoms with E-state index < -0.39 is 0 Å². The van der Waals surface area contributed by atoms with Crippen molar-refractivity contribution in [3.63, 3.8) is 0 Å². The van der Waals surface area contributed by atoms with Gasteiger partial charge in [-0.2, -0.15) is 0 Å². The lowest BCUT2D eigenvalue weighted by molar-refractivity contribution is 0.102. The zero-order chi connectivity index (χ0) is 18.8. The summed E-state index contributed by atoms with van der Waals surface area (Å²) in [6.45, 7) is 4.81. The van der Waals surface area contributed by atoms with Crippen LogP contribution in [-0.2, 0) is 6.54 Å². The molecule has 0 saturated heterocycles. The minimum atomic E-state index is -0.0775. The van der Waals surface area contributed by atoms with E-state index in [2.05, 4.69) is 53.2 Å². The summed E-state index contributed by atoms with van der Waals surface area (Å²) in [7, 11) is 0. The molecule has 0 saturated carbocycles. The number of para-hydroxylation sites is 1. The molecule has 0 fully saturated rings. The predicted octanol–water partition coefficient (Wildman–Crippen LogP) is 5.56. The second-order valence-corrected chi connectivity index (χ2v) is 6.94. The van der Waals surface area contributed by atoms with Crippen molar-refractivity contribution >= 4 is 22.5 Å². The summed E-state index contributed by atoms with van der Waals surface area (Å²) in [5.74, 6) is -0.0775. The Morgan fingerprint density at radius 2 is 1.59 bits per heavy atom. The minimum Gasteiger partial charge on any atom is -0.341 e. The van der Waals surface area contributed by atoms with E-state index in [4.69, 9.17) is 0 Å². The minimum absolute atomic E-state index is 0.0775. The number of aryl methyl sites for hydroxylation is 2. The van der Waals surface area contributed by atoms with Crippen LogP contribution in [-0.4, -0.2) is 10.5 Å². The first-order chi connectivity index (χ1) is 13.1. The molecule has 3 heteroatoms. The highest BCUT2D eigenvalue weighted by Gasteiger charge is 2.13. The van der Waals surface area contributed by atoms with E-state index in [0.29, 0.717) is 5.56 Å². The number of carbonyl (C=O) groups excluding carboxylic acids is 1. The second kappa shape index (κ2) is 7.12. The Bertz CT molecular complexity index is 1110. The topological polar surface area (TPSA) is 34.0 Å². The monoisotopic (exact) mass is 354 g/mol. The van der Waals surface area contributed by atoms with Crippen molar-refractivity contribution in [3.05, 3.63) is 101 Å². The maximum absolute atomic E-state index is 12.8. The SMILES string of the molecule is Cc1ccc(Cn2cc(NC(=O)c3ccccc3C)c3ccccc32)cc1. The molecule has 0 radical (unpaired) electrons. The number of benzene rings is 3. The standard InChI is InChI=1S/C24H22N2O/c1-17-11-13-19(14-12-17)15-26-16-22(21-9-5-6-10-23(21)26)25-24(27)20-8-4-3-7-18(20)2/h3-14,16H,15H2,1-2H3,(H,25,27). The summed E-state index contributed by atoms with van der Waals surface area (Å²) >= 11 is 0. The number of amides is 1. The summed E-state index contributed by atoms with van der Waals surface area (Å²) in [5.41, 5.74) is 6.11. The van der Waals surface area contributed by atoms with Gasteiger partial charge in [0.1, 0.15) is 0 Å². The summed E-state index contributed by atoms with van der Waals surface area (Å²) in [5, 5.41) is 4.15. The van der Waals surface area contributed by atoms with E-state index in [0.717, 1.165) is 28.7 Å². The van der Waals surface area contributed by atoms with Crippen LogP contribution in [0.4, 0.5) is 5.69 Å². The van der Waals surface area contributed by atoms with Crippen molar-refractivity contribution in [2.45, 2.75) is 20.4 Å². The average Bonchev–Trinajstić information content (AvgIpc) is 3.01. The molecule has 4 rings (SSSR count). The van der Waals surface area contributed by atoms with Crippen LogP contribution < -0.4 is 5.32 Å². The van der Waals surface area contributed by atoms with Crippen LogP contribution in [0.5, 0.6) is 0 Å². The lowest BCUT2D eigenvalue weighted by atomic mass is 10.1. The number of nitrogens with zero attached hydrogens (tertiary/aromatic N) is 1. The number of hydrogen-bond donors (Lipinski definition) is 1. The molecule has 1 N–H and O–H groups in total. The predicted molar refractivity (Wildman–Crippen MR) is 111 cm³/mol. The summed E-state index contributed by atoms with van der Waals surface area (Å²) < 4.78 is 2.19. The van der Waals surface area contributed by atoms with E-state index in [1.54, 1.807) is 0 Å². The number of rotatable bonds is 4. The van der Waals surface area contributed by atoms with Crippen molar-refractivity contribution in [3.8, 4) is 0 Å². The van der Waals surface area contributed by atoms with Crippen LogP contribution in [0.2, 0.25) is 0 Å². The molecule has 1 heterocycles. The molecule has 4 aromatic rings. The fourth-order valence-corrected chi connectivity index (χ4v) is 3.38. The van der Waals surface area contributed by atoms with Gasteiger partial charge in [0.2, 0.25) is 0 Å². The van der Waals surface area contributed by atoms with Crippen LogP contribution >= 0.6 is 0 Å². The molecule has 1 aromatic heterocycles. The van der Waals surface area contributed by atoms with Crippen LogP contribution in [0.25, 0.3) is 10.9 Å². The zero-order valence-electron chi connectivity index (χ0n) is 15.6. The first kappa shape index (κ1) is 17.1. The van der Waals surface area contributed by atoms with Gasteiger partial charge in [0, 0.05) is 23.7 Å². The number of anilines is 1. The molecule has 3 nitrogen and oxygen atoms in total. The largest absolute Gasteiger partial charge is 0.341 e. The Morgan fingerprint density at radius 1 is 0.889 bits per heavy atom. The third-order valence-corrected chi connectivity index (χ3v) is 4.90. The molecule has 0 aliphatic rings. The fourth-order valence-electron chi connectivity index (χ4n) is 3.38. The second-order valence-electron chi connectivity index (χ2n) is 6.94. The fraction of sp³-hybridized carbons (Fsp3) is 0.125. The van der Waals surface area contributed by atoms with Crippen LogP contribution in [0, 0.1) is 13.8 Å². The Hall–Kier alpha value is -3.33. The molecule has 1 amide bonds. The third-order valence-electron chi connectivity index (χ3n) is 4.90. The molecule has 27 heavy (non-hydrogen) atoms. The quantitative estimate of drug-likeness (QED) is 0.511. The van der Waals surface area contributed by atoms with Gasteiger partial charge in [-0.1, -0.05) is 66.2 Å². The van der Waals surface area contributed by atoms with Gasteiger partial charge in [-0.25, -0.2) is 0 Å². The summed E-state index contributed by atoms with van der Waals surface area (Å²) in [6.07, 6.45) is 2.03. The van der Waals surface area contributed by atoms with Crippen molar-refractivity contribution in [2.75, 3.05) is 5.32 Å². The number of aromatic nitrogens is 1. The maximum Gasteiger partial charge on any atom is 0.255 e. The molecule has 0 atom stereocenters. The Balaban J connectivity index is 1.68. The molecule has 134 valence electrons. The van der Waals surface area contributed by atoms with Crippen molar-refractivity contribution < 1.29 is 4.79 Å². The molecule has 0 aliphatic heterocycles. The zero-order valence-corrected chi connectivity index (χ0v) is 15.6. The van der Waals surface area contributed by atoms with Crippen molar-refractivity contribution in [1.29, 1.82) is 0 Å². The van der Waals surface area contributed by atoms with Gasteiger partial charge in [-0.3, -0.25) is 4.79 Å². The van der Waals surface area contributed by atoms with Gasteiger partial charge < -0.3 is 9.88 Å². The van der Waals surface area contributed by atoms with Gasteiger partial charge in [-0.05, 0) is 37.1 Å². The third kappa shape index (κ3) is 3.49. The Morgan fingerprint density at radius 3 is 2.37 bits per heavy atom. The average molecular weight is 354 g/mol. The lowest BCUT2D eigenvalue weighted by Crippen LogP contribution is -2.13. The molecular weight excluding hydrogens is 332 g/mol. The summed E-state index contributed by atoms with van der Waals surface area (Å²) in [4.78, 5) is 12.8. The highest BCUT2D eigenvalue weighted by molar-refractivity contribution is 6.09. The normalized spacial score (nSPS) is 10.9. The number of fused-ring (bicyclic) bond motifs is 1. The van der Waals surface area contributed by atoms with E-state index >= 15 is 0 Å². The van der Waals surface area contributed by atoms with Gasteiger partial charge >= 0.3 is 0 Å². The van der Waals surface area contributed by atoms with Crippen LogP contribution in [0.15, 0.2) is 79.0 Å². The van der Waals surface area contributed by atoms with E-state index in [1.807, 2.05) is 49.5 Å². The molecule has 0 aliphatic carbocycles. The smallest absolute Gasteiger partial charge is 0.255 e. The van der Waals surface area contributed by atoms with E-state index in [1.165, 1.54) is 11.1 Å². The molecule has 0 spiro atoms. The highest BCUT2D eigenvalue weighted by atomic mass is 16.1. The number of hydrogen-bond acceptors (Lipinski definition) is 1. The molecule has 0 bridgehead atoms. The molecular formula is C24H22N2O. The Labute approximate surface area is 159 Å². The van der Waals surface area contributed by atoms with Gasteiger partial charge in [0.15, 0.2) is 0 Å². The molecule has 0 unspecified atom stereocenters. The highest BCUT2D eigenvalue weighted by Crippen LogP contribution is 2.27.